The molecule has 1 aromatic heterocycles. The van der Waals surface area contributed by atoms with Gasteiger partial charge in [0.25, 0.3) is 0 Å². The monoisotopic (exact) mass is 306 g/mol. The van der Waals surface area contributed by atoms with Gasteiger partial charge in [-0.25, -0.2) is 13.2 Å². The van der Waals surface area contributed by atoms with E-state index in [1.807, 2.05) is 13.8 Å². The standard InChI is InChI=1S/C11H18N2O4S2/c1-5-19(15,16)9-7(12)8(11(14)17-4)18-10(9)13-6(2)3/h6,13H,5,12H2,1-4H3. The summed E-state index contributed by atoms with van der Waals surface area (Å²) >= 11 is 1.000. The molecule has 108 valence electrons. The van der Waals surface area contributed by atoms with Crippen LogP contribution in [0.5, 0.6) is 0 Å². The first-order chi connectivity index (χ1) is 8.74. The van der Waals surface area contributed by atoms with Gasteiger partial charge in [-0.2, -0.15) is 0 Å². The molecule has 0 aliphatic carbocycles. The average Bonchev–Trinajstić information content (AvgIpc) is 2.65. The van der Waals surface area contributed by atoms with E-state index in [0.717, 1.165) is 11.3 Å². The zero-order chi connectivity index (χ0) is 14.8. The topological polar surface area (TPSA) is 98.5 Å². The largest absolute Gasteiger partial charge is 0.465 e. The van der Waals surface area contributed by atoms with Crippen LogP contribution in [0.1, 0.15) is 30.4 Å². The summed E-state index contributed by atoms with van der Waals surface area (Å²) in [6, 6.07) is 0.0225. The summed E-state index contributed by atoms with van der Waals surface area (Å²) in [4.78, 5) is 11.7. The molecule has 1 aromatic rings. The van der Waals surface area contributed by atoms with Crippen LogP contribution in [0.4, 0.5) is 10.7 Å². The van der Waals surface area contributed by atoms with Crippen molar-refractivity contribution in [2.45, 2.75) is 31.7 Å². The number of nitrogens with two attached hydrogens (primary N) is 1. The highest BCUT2D eigenvalue weighted by Crippen LogP contribution is 2.40. The van der Waals surface area contributed by atoms with Crippen molar-refractivity contribution in [1.29, 1.82) is 0 Å². The number of methoxy groups -OCH3 is 1. The van der Waals surface area contributed by atoms with Gasteiger partial charge in [0.05, 0.1) is 18.6 Å². The average molecular weight is 306 g/mol. The minimum Gasteiger partial charge on any atom is -0.465 e. The lowest BCUT2D eigenvalue weighted by Gasteiger charge is -2.10. The summed E-state index contributed by atoms with van der Waals surface area (Å²) in [6.45, 7) is 5.27. The second-order valence-electron chi connectivity index (χ2n) is 4.20. The molecule has 0 bridgehead atoms. The number of nitrogen functional groups attached to an aromatic ring is 1. The summed E-state index contributed by atoms with van der Waals surface area (Å²) in [5.41, 5.74) is 5.77. The number of ether oxygens (including phenoxy) is 1. The van der Waals surface area contributed by atoms with Crippen LogP contribution in [0.15, 0.2) is 4.90 Å². The smallest absolute Gasteiger partial charge is 0.350 e. The Morgan fingerprint density at radius 3 is 2.47 bits per heavy atom. The van der Waals surface area contributed by atoms with Crippen molar-refractivity contribution in [2.75, 3.05) is 23.9 Å². The fourth-order valence-corrected chi connectivity index (χ4v) is 4.20. The summed E-state index contributed by atoms with van der Waals surface area (Å²) in [5.74, 6) is -0.715. The van der Waals surface area contributed by atoms with Gasteiger partial charge >= 0.3 is 5.97 Å². The Morgan fingerprint density at radius 2 is 2.05 bits per heavy atom. The normalized spacial score (nSPS) is 11.6. The second kappa shape index (κ2) is 5.79. The van der Waals surface area contributed by atoms with Crippen LogP contribution in [0.2, 0.25) is 0 Å². The third-order valence-electron chi connectivity index (χ3n) is 2.38. The maximum absolute atomic E-state index is 12.1. The number of nitrogens with one attached hydrogen (secondary N) is 1. The van der Waals surface area contributed by atoms with Crippen LogP contribution in [-0.4, -0.2) is 33.3 Å². The summed E-state index contributed by atoms with van der Waals surface area (Å²) < 4.78 is 28.8. The molecule has 0 fully saturated rings. The van der Waals surface area contributed by atoms with Crippen LogP contribution in [-0.2, 0) is 14.6 Å². The lowest BCUT2D eigenvalue weighted by molar-refractivity contribution is 0.0607. The predicted octanol–water partition coefficient (Wildman–Crippen LogP) is 1.73. The molecule has 0 unspecified atom stereocenters. The van der Waals surface area contributed by atoms with Gasteiger partial charge < -0.3 is 15.8 Å². The molecule has 0 aliphatic rings. The van der Waals surface area contributed by atoms with Crippen molar-refractivity contribution in [2.24, 2.45) is 0 Å². The first-order valence-electron chi connectivity index (χ1n) is 5.74. The number of carbonyl (C=O) groups excluding carboxylic acids is 1. The van der Waals surface area contributed by atoms with E-state index in [-0.39, 0.29) is 27.3 Å². The molecule has 1 heterocycles. The van der Waals surface area contributed by atoms with E-state index >= 15 is 0 Å². The molecule has 0 aliphatic heterocycles. The van der Waals surface area contributed by atoms with E-state index in [4.69, 9.17) is 5.73 Å². The summed E-state index contributed by atoms with van der Waals surface area (Å²) in [7, 11) is -2.28. The fraction of sp³-hybridized carbons (Fsp3) is 0.545. The molecule has 3 N–H and O–H groups in total. The van der Waals surface area contributed by atoms with Crippen molar-refractivity contribution < 1.29 is 17.9 Å². The lowest BCUT2D eigenvalue weighted by Crippen LogP contribution is -2.13. The summed E-state index contributed by atoms with van der Waals surface area (Å²) in [6.07, 6.45) is 0. The van der Waals surface area contributed by atoms with E-state index in [1.54, 1.807) is 0 Å². The number of carbonyl (C=O) groups is 1. The van der Waals surface area contributed by atoms with E-state index in [9.17, 15) is 13.2 Å². The third kappa shape index (κ3) is 3.19. The van der Waals surface area contributed by atoms with Crippen molar-refractivity contribution in [3.05, 3.63) is 4.88 Å². The Kier molecular flexibility index (Phi) is 4.81. The molecule has 6 nitrogen and oxygen atoms in total. The van der Waals surface area contributed by atoms with Crippen LogP contribution in [0.25, 0.3) is 0 Å². The molecular formula is C11H18N2O4S2. The van der Waals surface area contributed by atoms with Crippen LogP contribution in [0.3, 0.4) is 0 Å². The van der Waals surface area contributed by atoms with Crippen LogP contribution >= 0.6 is 11.3 Å². The molecule has 8 heteroatoms. The lowest BCUT2D eigenvalue weighted by atomic mass is 10.3. The van der Waals surface area contributed by atoms with Gasteiger partial charge in [-0.15, -0.1) is 11.3 Å². The number of thiophene rings is 1. The van der Waals surface area contributed by atoms with E-state index in [0.29, 0.717) is 5.00 Å². The van der Waals surface area contributed by atoms with Crippen molar-refractivity contribution in [3.63, 3.8) is 0 Å². The van der Waals surface area contributed by atoms with Crippen LogP contribution < -0.4 is 11.1 Å². The molecule has 0 saturated heterocycles. The van der Waals surface area contributed by atoms with Gasteiger partial charge in [0.15, 0.2) is 9.84 Å². The Labute approximate surface area is 116 Å². The Morgan fingerprint density at radius 1 is 1.47 bits per heavy atom. The van der Waals surface area contributed by atoms with Gasteiger partial charge in [0, 0.05) is 6.04 Å². The number of sulfone groups is 1. The highest BCUT2D eigenvalue weighted by atomic mass is 32.2. The maximum atomic E-state index is 12.1. The van der Waals surface area contributed by atoms with Crippen molar-refractivity contribution in [1.82, 2.24) is 0 Å². The number of esters is 1. The van der Waals surface area contributed by atoms with Gasteiger partial charge in [0.2, 0.25) is 0 Å². The molecule has 19 heavy (non-hydrogen) atoms. The Bertz CT molecular complexity index is 576. The SMILES string of the molecule is CCS(=O)(=O)c1c(NC(C)C)sc(C(=O)OC)c1N. The highest BCUT2D eigenvalue weighted by molar-refractivity contribution is 7.91. The van der Waals surface area contributed by atoms with Crippen molar-refractivity contribution in [3.8, 4) is 0 Å². The zero-order valence-corrected chi connectivity index (χ0v) is 12.9. The molecule has 0 atom stereocenters. The predicted molar refractivity (Wildman–Crippen MR) is 76.6 cm³/mol. The maximum Gasteiger partial charge on any atom is 0.350 e. The molecule has 0 radical (unpaired) electrons. The number of hydrogen-bond donors (Lipinski definition) is 2. The van der Waals surface area contributed by atoms with Gasteiger partial charge in [-0.05, 0) is 13.8 Å². The molecule has 0 aromatic carbocycles. The molecule has 0 amide bonds. The fourth-order valence-electron chi connectivity index (χ4n) is 1.48. The molecule has 0 spiro atoms. The number of rotatable bonds is 5. The highest BCUT2D eigenvalue weighted by Gasteiger charge is 2.29. The minimum absolute atomic E-state index is 0.00546. The quantitative estimate of drug-likeness (QED) is 0.804. The molecular weight excluding hydrogens is 288 g/mol. The minimum atomic E-state index is -3.51. The Hall–Kier alpha value is -1.28. The summed E-state index contributed by atoms with van der Waals surface area (Å²) in [5, 5.41) is 3.39. The first-order valence-corrected chi connectivity index (χ1v) is 8.21. The van der Waals surface area contributed by atoms with Crippen molar-refractivity contribution >= 4 is 37.8 Å². The Balaban J connectivity index is 3.49. The van der Waals surface area contributed by atoms with Gasteiger partial charge in [-0.1, -0.05) is 6.92 Å². The van der Waals surface area contributed by atoms with Crippen LogP contribution in [0, 0.1) is 0 Å². The third-order valence-corrected chi connectivity index (χ3v) is 5.43. The van der Waals surface area contributed by atoms with E-state index < -0.39 is 15.8 Å². The molecule has 1 rings (SSSR count). The number of hydrogen-bond acceptors (Lipinski definition) is 7. The van der Waals surface area contributed by atoms with Gasteiger partial charge in [0.1, 0.15) is 14.8 Å². The van der Waals surface area contributed by atoms with E-state index in [2.05, 4.69) is 10.1 Å². The first kappa shape index (κ1) is 15.8. The molecule has 0 saturated carbocycles. The zero-order valence-electron chi connectivity index (χ0n) is 11.3. The second-order valence-corrected chi connectivity index (χ2v) is 7.43. The number of anilines is 2. The van der Waals surface area contributed by atoms with Gasteiger partial charge in [-0.3, -0.25) is 0 Å². The van der Waals surface area contributed by atoms with E-state index in [1.165, 1.54) is 14.0 Å².